The molecular weight excluding hydrogens is 288 g/mol. The molecule has 1 N–H and O–H groups in total. The molecule has 0 rings (SSSR count). The zero-order valence-corrected chi connectivity index (χ0v) is 12.2. The highest BCUT2D eigenvalue weighted by Crippen LogP contribution is 1.99. The van der Waals surface area contributed by atoms with Gasteiger partial charge in [-0.1, -0.05) is 6.58 Å². The maximum Gasteiger partial charge on any atom is 0.361 e. The van der Waals surface area contributed by atoms with Crippen LogP contribution < -0.4 is 22.3 Å². The third-order valence-electron chi connectivity index (χ3n) is 2.21. The maximum atomic E-state index is 11.1. The number of nitrogens with one attached hydrogen (secondary N) is 1. The molecule has 17 heavy (non-hydrogen) atoms. The van der Waals surface area contributed by atoms with E-state index in [4.69, 9.17) is 0 Å². The minimum absolute atomic E-state index is 0. The molecule has 0 aromatic rings. The van der Waals surface area contributed by atoms with Gasteiger partial charge in [0.25, 0.3) is 0 Å². The number of carbonyl (C=O) groups is 2. The number of hydrogen-bond acceptors (Lipinski definition) is 3. The first-order valence-electron chi connectivity index (χ1n) is 5.20. The van der Waals surface area contributed by atoms with Gasteiger partial charge in [0.2, 0.25) is 5.91 Å². The Kier molecular flexibility index (Phi) is 9.98. The van der Waals surface area contributed by atoms with Crippen LogP contribution in [0, 0.1) is 0 Å². The van der Waals surface area contributed by atoms with Crippen molar-refractivity contribution in [3.05, 3.63) is 12.7 Å². The molecule has 0 aromatic heterocycles. The largest absolute Gasteiger partial charge is 1.00 e. The summed E-state index contributed by atoms with van der Waals surface area (Å²) in [6, 6.07) is 0. The Hall–Kier alpha value is -0.880. The summed E-state index contributed by atoms with van der Waals surface area (Å²) in [4.78, 5) is 21.9. The molecule has 5 nitrogen and oxygen atoms in total. The van der Waals surface area contributed by atoms with Gasteiger partial charge in [-0.2, -0.15) is 0 Å². The SMILES string of the molecule is C=CC(=O)NCCC[N+](C)(C)CC(=O)OC.[Br-]. The molecule has 0 fully saturated rings. The van der Waals surface area contributed by atoms with Crippen molar-refractivity contribution in [3.63, 3.8) is 0 Å². The highest BCUT2D eigenvalue weighted by molar-refractivity contribution is 5.86. The van der Waals surface area contributed by atoms with Gasteiger partial charge in [0.15, 0.2) is 6.54 Å². The lowest BCUT2D eigenvalue weighted by Crippen LogP contribution is -3.00. The maximum absolute atomic E-state index is 11.1. The molecule has 0 saturated carbocycles. The van der Waals surface area contributed by atoms with Gasteiger partial charge >= 0.3 is 5.97 Å². The van der Waals surface area contributed by atoms with Crippen LogP contribution in [0.5, 0.6) is 0 Å². The summed E-state index contributed by atoms with van der Waals surface area (Å²) in [6.07, 6.45) is 2.05. The normalized spacial score (nSPS) is 10.1. The number of likely N-dealkylation sites (N-methyl/N-ethyl adjacent to an activating group) is 1. The highest BCUT2D eigenvalue weighted by Gasteiger charge is 2.19. The number of quaternary nitrogens is 1. The molecule has 0 aromatic carbocycles. The van der Waals surface area contributed by atoms with E-state index in [2.05, 4.69) is 16.6 Å². The van der Waals surface area contributed by atoms with E-state index in [9.17, 15) is 9.59 Å². The van der Waals surface area contributed by atoms with Crippen LogP contribution >= 0.6 is 0 Å². The predicted octanol–water partition coefficient (Wildman–Crippen LogP) is -3.07. The lowest BCUT2D eigenvalue weighted by Gasteiger charge is -2.28. The van der Waals surface area contributed by atoms with E-state index in [0.717, 1.165) is 13.0 Å². The third-order valence-corrected chi connectivity index (χ3v) is 2.21. The second kappa shape index (κ2) is 9.18. The van der Waals surface area contributed by atoms with Crippen LogP contribution in [0.15, 0.2) is 12.7 Å². The number of amides is 1. The molecular formula is C11H21BrN2O3. The van der Waals surface area contributed by atoms with E-state index in [1.165, 1.54) is 13.2 Å². The summed E-state index contributed by atoms with van der Waals surface area (Å²) in [7, 11) is 5.28. The molecule has 0 unspecified atom stereocenters. The molecule has 0 atom stereocenters. The molecule has 100 valence electrons. The number of ether oxygens (including phenoxy) is 1. The molecule has 0 heterocycles. The predicted molar refractivity (Wildman–Crippen MR) is 61.7 cm³/mol. The van der Waals surface area contributed by atoms with Gasteiger partial charge in [0.1, 0.15) is 0 Å². The Morgan fingerprint density at radius 1 is 1.41 bits per heavy atom. The van der Waals surface area contributed by atoms with Crippen molar-refractivity contribution in [2.45, 2.75) is 6.42 Å². The van der Waals surface area contributed by atoms with Gasteiger partial charge in [-0.15, -0.1) is 0 Å². The monoisotopic (exact) mass is 308 g/mol. The Morgan fingerprint density at radius 3 is 2.47 bits per heavy atom. The molecule has 0 aliphatic carbocycles. The topological polar surface area (TPSA) is 55.4 Å². The van der Waals surface area contributed by atoms with Gasteiger partial charge in [-0.3, -0.25) is 4.79 Å². The molecule has 0 bridgehead atoms. The fourth-order valence-electron chi connectivity index (χ4n) is 1.28. The van der Waals surface area contributed by atoms with Crippen molar-refractivity contribution in [1.82, 2.24) is 5.32 Å². The highest BCUT2D eigenvalue weighted by atomic mass is 79.9. The van der Waals surface area contributed by atoms with E-state index >= 15 is 0 Å². The smallest absolute Gasteiger partial charge is 0.361 e. The van der Waals surface area contributed by atoms with Gasteiger partial charge < -0.3 is 31.5 Å². The summed E-state index contributed by atoms with van der Waals surface area (Å²) in [5.74, 6) is -0.390. The summed E-state index contributed by atoms with van der Waals surface area (Å²) in [5.41, 5.74) is 0. The Morgan fingerprint density at radius 2 is 2.00 bits per heavy atom. The quantitative estimate of drug-likeness (QED) is 0.235. The van der Waals surface area contributed by atoms with E-state index in [0.29, 0.717) is 17.6 Å². The molecule has 0 saturated heterocycles. The molecule has 0 radical (unpaired) electrons. The van der Waals surface area contributed by atoms with Crippen molar-refractivity contribution in [1.29, 1.82) is 0 Å². The summed E-state index contributed by atoms with van der Waals surface area (Å²) < 4.78 is 5.16. The fraction of sp³-hybridized carbons (Fsp3) is 0.636. The first kappa shape index (κ1) is 18.5. The lowest BCUT2D eigenvalue weighted by molar-refractivity contribution is -0.883. The van der Waals surface area contributed by atoms with Gasteiger partial charge in [-0.25, -0.2) is 4.79 Å². The zero-order valence-electron chi connectivity index (χ0n) is 10.7. The molecule has 0 aliphatic heterocycles. The number of esters is 1. The van der Waals surface area contributed by atoms with Gasteiger partial charge in [-0.05, 0) is 6.08 Å². The minimum Gasteiger partial charge on any atom is -1.00 e. The van der Waals surface area contributed by atoms with Crippen molar-refractivity contribution in [2.75, 3.05) is 40.8 Å². The van der Waals surface area contributed by atoms with Crippen molar-refractivity contribution >= 4 is 11.9 Å². The molecule has 0 aliphatic rings. The summed E-state index contributed by atoms with van der Waals surface area (Å²) in [5, 5.41) is 2.69. The van der Waals surface area contributed by atoms with Crippen LogP contribution in [0.2, 0.25) is 0 Å². The number of hydrogen-bond donors (Lipinski definition) is 1. The van der Waals surface area contributed by atoms with Crippen LogP contribution in [-0.4, -0.2) is 57.2 Å². The van der Waals surface area contributed by atoms with Crippen LogP contribution in [0.25, 0.3) is 0 Å². The second-order valence-electron chi connectivity index (χ2n) is 4.24. The first-order valence-corrected chi connectivity index (χ1v) is 5.20. The Bertz CT molecular complexity index is 267. The average molecular weight is 309 g/mol. The number of carbonyl (C=O) groups excluding carboxylic acids is 2. The van der Waals surface area contributed by atoms with Gasteiger partial charge in [0.05, 0.1) is 27.7 Å². The standard InChI is InChI=1S/C11H20N2O3.BrH/c1-5-10(14)12-7-6-8-13(2,3)9-11(15)16-4;/h5H,1,6-9H2,2-4H3;1H. The zero-order chi connectivity index (χ0) is 12.6. The van der Waals surface area contributed by atoms with Crippen molar-refractivity contribution in [2.24, 2.45) is 0 Å². The number of nitrogens with zero attached hydrogens (tertiary/aromatic N) is 1. The molecule has 6 heteroatoms. The van der Waals surface area contributed by atoms with Crippen LogP contribution in [0.3, 0.4) is 0 Å². The fourth-order valence-corrected chi connectivity index (χ4v) is 1.28. The number of methoxy groups -OCH3 is 1. The second-order valence-corrected chi connectivity index (χ2v) is 4.24. The van der Waals surface area contributed by atoms with E-state index < -0.39 is 0 Å². The van der Waals surface area contributed by atoms with Crippen molar-refractivity contribution in [3.8, 4) is 0 Å². The average Bonchev–Trinajstić information content (AvgIpc) is 2.23. The van der Waals surface area contributed by atoms with E-state index in [1.54, 1.807) is 0 Å². The molecule has 0 spiro atoms. The van der Waals surface area contributed by atoms with E-state index in [1.807, 2.05) is 14.1 Å². The minimum atomic E-state index is -0.222. The van der Waals surface area contributed by atoms with Crippen LogP contribution in [0.1, 0.15) is 6.42 Å². The number of rotatable bonds is 7. The number of halogens is 1. The van der Waals surface area contributed by atoms with Crippen molar-refractivity contribution < 1.29 is 35.8 Å². The Balaban J connectivity index is 0. The van der Waals surface area contributed by atoms with E-state index in [-0.39, 0.29) is 28.9 Å². The summed E-state index contributed by atoms with van der Waals surface area (Å²) in [6.45, 7) is 5.09. The molecule has 1 amide bonds. The van der Waals surface area contributed by atoms with Gasteiger partial charge in [0, 0.05) is 13.0 Å². The third kappa shape index (κ3) is 10.0. The van der Waals surface area contributed by atoms with Crippen LogP contribution in [0.4, 0.5) is 0 Å². The van der Waals surface area contributed by atoms with Crippen LogP contribution in [-0.2, 0) is 14.3 Å². The lowest BCUT2D eigenvalue weighted by atomic mass is 10.3. The Labute approximate surface area is 113 Å². The first-order chi connectivity index (χ1) is 7.41. The summed E-state index contributed by atoms with van der Waals surface area (Å²) >= 11 is 0.